The zero-order valence-corrected chi connectivity index (χ0v) is 25.3. The van der Waals surface area contributed by atoms with Gasteiger partial charge in [-0.3, -0.25) is 0 Å². The van der Waals surface area contributed by atoms with Gasteiger partial charge in [0.25, 0.3) is 0 Å². The number of hydrogen-bond donors (Lipinski definition) is 0. The molecule has 2 aromatic carbocycles. The second-order valence-corrected chi connectivity index (χ2v) is 9.25. The van der Waals surface area contributed by atoms with Crippen molar-refractivity contribution in [3.8, 4) is 0 Å². The molecule has 0 N–H and O–H groups in total. The van der Waals surface area contributed by atoms with Gasteiger partial charge in [0.05, 0.1) is 0 Å². The Hall–Kier alpha value is -4.82. The van der Waals surface area contributed by atoms with Gasteiger partial charge in [0.15, 0.2) is 0 Å². The average molecular weight is 541 g/mol. The van der Waals surface area contributed by atoms with Gasteiger partial charge in [-0.25, -0.2) is 0 Å². The van der Waals surface area contributed by atoms with Gasteiger partial charge in [-0.2, -0.15) is 0 Å². The number of para-hydroxylation sites is 2. The lowest BCUT2D eigenvalue weighted by Gasteiger charge is -2.27. The number of nitrogens with zero attached hydrogens (tertiary/aromatic N) is 2. The minimum Gasteiger partial charge on any atom is -0.315 e. The molecule has 0 fully saturated rings. The molecule has 0 radical (unpaired) electrons. The smallest absolute Gasteiger partial charge is 0.0458 e. The van der Waals surface area contributed by atoms with Gasteiger partial charge in [-0.1, -0.05) is 111 Å². The lowest BCUT2D eigenvalue weighted by Crippen LogP contribution is -2.19. The summed E-state index contributed by atoms with van der Waals surface area (Å²) >= 11 is 0. The third-order valence-electron chi connectivity index (χ3n) is 6.40. The molecular weight excluding hydrogens is 496 g/mol. The first-order valence-corrected chi connectivity index (χ1v) is 13.9. The summed E-state index contributed by atoms with van der Waals surface area (Å²) in [4.78, 5) is 4.46. The van der Waals surface area contributed by atoms with E-state index < -0.39 is 0 Å². The third-order valence-corrected chi connectivity index (χ3v) is 6.40. The normalized spacial score (nSPS) is 14.0. The van der Waals surface area contributed by atoms with E-state index in [9.17, 15) is 0 Å². The molecule has 0 aliphatic carbocycles. The van der Waals surface area contributed by atoms with E-state index in [0.29, 0.717) is 0 Å². The highest BCUT2D eigenvalue weighted by Crippen LogP contribution is 2.27. The van der Waals surface area contributed by atoms with Crippen molar-refractivity contribution in [3.05, 3.63) is 193 Å². The first-order chi connectivity index (χ1) is 19.9. The summed E-state index contributed by atoms with van der Waals surface area (Å²) in [6, 6.07) is 20.7. The monoisotopic (exact) mass is 540 g/mol. The molecule has 0 saturated carbocycles. The molecule has 0 heterocycles. The van der Waals surface area contributed by atoms with Crippen LogP contribution in [0.15, 0.2) is 193 Å². The van der Waals surface area contributed by atoms with Crippen LogP contribution in [-0.4, -0.2) is 0 Å². The van der Waals surface area contributed by atoms with E-state index in [1.807, 2.05) is 44.2 Å². The summed E-state index contributed by atoms with van der Waals surface area (Å²) in [6.45, 7) is 22.2. The average Bonchev–Trinajstić information content (AvgIpc) is 3.01. The number of allylic oxidation sites excluding steroid dienone is 17. The molecule has 2 rings (SSSR count). The Morgan fingerprint density at radius 1 is 0.585 bits per heavy atom. The number of anilines is 2. The van der Waals surface area contributed by atoms with Gasteiger partial charge in [0, 0.05) is 34.2 Å². The highest BCUT2D eigenvalue weighted by Gasteiger charge is 2.12. The summed E-state index contributed by atoms with van der Waals surface area (Å²) in [5.41, 5.74) is 8.66. The molecule has 0 spiro atoms. The molecule has 0 amide bonds. The lowest BCUT2D eigenvalue weighted by molar-refractivity contribution is 1.09. The largest absolute Gasteiger partial charge is 0.315 e. The van der Waals surface area contributed by atoms with Gasteiger partial charge < -0.3 is 9.80 Å². The fraction of sp³-hybridized carbons (Fsp3) is 0.128. The van der Waals surface area contributed by atoms with Crippen molar-refractivity contribution in [3.63, 3.8) is 0 Å². The molecule has 0 aromatic heterocycles. The van der Waals surface area contributed by atoms with Gasteiger partial charge in [0.1, 0.15) is 0 Å². The molecule has 2 nitrogen and oxygen atoms in total. The molecule has 210 valence electrons. The van der Waals surface area contributed by atoms with Crippen LogP contribution in [0.25, 0.3) is 0 Å². The first kappa shape index (κ1) is 32.4. The molecule has 0 bridgehead atoms. The van der Waals surface area contributed by atoms with Crippen molar-refractivity contribution in [2.75, 3.05) is 9.80 Å². The molecule has 41 heavy (non-hydrogen) atoms. The Kier molecular flexibility index (Phi) is 14.0. The standard InChI is InChI=1S/C39H44N2/c1-9-14-22-36(12-4)40(38-24-18-16-19-25-38)33(7)29-28-32(6)35(11-3)31-30-34(8)41(37(13-5)23-15-10-2)39-26-20-17-21-27-39/h9-31H,1-3H2,4-8H3/b22-14-,23-15-,32-28+,33-29+,34-30+,35-31+,36-12+,37-13+. The van der Waals surface area contributed by atoms with E-state index in [4.69, 9.17) is 0 Å². The van der Waals surface area contributed by atoms with Crippen LogP contribution in [0, 0.1) is 0 Å². The molecule has 0 unspecified atom stereocenters. The summed E-state index contributed by atoms with van der Waals surface area (Å²) in [7, 11) is 0. The summed E-state index contributed by atoms with van der Waals surface area (Å²) < 4.78 is 0. The van der Waals surface area contributed by atoms with Crippen LogP contribution in [-0.2, 0) is 0 Å². The molecule has 0 aliphatic heterocycles. The number of benzene rings is 2. The highest BCUT2D eigenvalue weighted by atomic mass is 15.2. The van der Waals surface area contributed by atoms with Gasteiger partial charge in [-0.15, -0.1) is 0 Å². The van der Waals surface area contributed by atoms with Gasteiger partial charge >= 0.3 is 0 Å². The molecule has 0 atom stereocenters. The zero-order chi connectivity index (χ0) is 30.0. The maximum Gasteiger partial charge on any atom is 0.0458 e. The van der Waals surface area contributed by atoms with Crippen LogP contribution in [0.5, 0.6) is 0 Å². The van der Waals surface area contributed by atoms with Crippen LogP contribution >= 0.6 is 0 Å². The fourth-order valence-electron chi connectivity index (χ4n) is 4.26. The molecule has 2 heteroatoms. The zero-order valence-electron chi connectivity index (χ0n) is 25.3. The molecular formula is C39H44N2. The fourth-order valence-corrected chi connectivity index (χ4v) is 4.26. The molecule has 0 saturated heterocycles. The van der Waals surface area contributed by atoms with Crippen LogP contribution in [0.2, 0.25) is 0 Å². The van der Waals surface area contributed by atoms with Crippen molar-refractivity contribution in [2.24, 2.45) is 0 Å². The third kappa shape index (κ3) is 9.70. The topological polar surface area (TPSA) is 6.48 Å². The minimum atomic E-state index is 1.05. The van der Waals surface area contributed by atoms with Crippen molar-refractivity contribution in [1.82, 2.24) is 0 Å². The summed E-state index contributed by atoms with van der Waals surface area (Å²) in [5.74, 6) is 0. The van der Waals surface area contributed by atoms with Crippen molar-refractivity contribution >= 4 is 11.4 Å². The van der Waals surface area contributed by atoms with Gasteiger partial charge in [0.2, 0.25) is 0 Å². The van der Waals surface area contributed by atoms with Crippen LogP contribution in [0.3, 0.4) is 0 Å². The van der Waals surface area contributed by atoms with E-state index >= 15 is 0 Å². The number of hydrogen-bond acceptors (Lipinski definition) is 2. The van der Waals surface area contributed by atoms with E-state index in [1.54, 1.807) is 12.2 Å². The highest BCUT2D eigenvalue weighted by molar-refractivity contribution is 5.62. The second-order valence-electron chi connectivity index (χ2n) is 9.25. The summed E-state index contributed by atoms with van der Waals surface area (Å²) in [6.07, 6.45) is 26.3. The van der Waals surface area contributed by atoms with Crippen LogP contribution in [0.1, 0.15) is 34.6 Å². The van der Waals surface area contributed by atoms with Crippen molar-refractivity contribution in [1.29, 1.82) is 0 Å². The lowest BCUT2D eigenvalue weighted by atomic mass is 10.1. The van der Waals surface area contributed by atoms with Crippen molar-refractivity contribution in [2.45, 2.75) is 34.6 Å². The van der Waals surface area contributed by atoms with Gasteiger partial charge in [-0.05, 0) is 94.3 Å². The Morgan fingerprint density at radius 2 is 1.00 bits per heavy atom. The van der Waals surface area contributed by atoms with Crippen LogP contribution in [0.4, 0.5) is 11.4 Å². The first-order valence-electron chi connectivity index (χ1n) is 13.9. The quantitative estimate of drug-likeness (QED) is 0.220. The molecule has 0 aliphatic rings. The van der Waals surface area contributed by atoms with Crippen LogP contribution < -0.4 is 9.80 Å². The predicted molar refractivity (Wildman–Crippen MR) is 184 cm³/mol. The summed E-state index contributed by atoms with van der Waals surface area (Å²) in [5, 5.41) is 0. The Morgan fingerprint density at radius 3 is 1.37 bits per heavy atom. The Labute approximate surface area is 248 Å². The minimum absolute atomic E-state index is 1.05. The van der Waals surface area contributed by atoms with E-state index in [-0.39, 0.29) is 0 Å². The molecule has 2 aromatic rings. The second kappa shape index (κ2) is 17.7. The SMILES string of the molecule is C=C/C=C\C(=C/C)N(/C(C)=C/C=C(C)/C(C=C)=C/C=C(\C)N(C(/C=C\C=C)=C/C)c1ccccc1)c1ccccc1. The van der Waals surface area contributed by atoms with Crippen molar-refractivity contribution < 1.29 is 0 Å². The maximum absolute atomic E-state index is 4.10. The maximum atomic E-state index is 4.10. The predicted octanol–water partition coefficient (Wildman–Crippen LogP) is 11.2. The Balaban J connectivity index is 2.49. The van der Waals surface area contributed by atoms with E-state index in [1.165, 1.54) is 0 Å². The number of rotatable bonds is 14. The van der Waals surface area contributed by atoms with E-state index in [2.05, 4.69) is 147 Å². The van der Waals surface area contributed by atoms with E-state index in [0.717, 1.165) is 45.3 Å². The Bertz CT molecular complexity index is 1400.